The topological polar surface area (TPSA) is 74.6 Å². The molecule has 0 saturated heterocycles. The number of carboxylic acid groups (broad SMARTS) is 2. The van der Waals surface area contributed by atoms with Crippen molar-refractivity contribution in [2.45, 2.75) is 0 Å². The minimum atomic E-state index is -1.82. The van der Waals surface area contributed by atoms with Gasteiger partial charge < -0.3 is 10.2 Å². The molecule has 0 atom stereocenters. The van der Waals surface area contributed by atoms with Crippen LogP contribution < -0.4 is 0 Å². The van der Waals surface area contributed by atoms with E-state index in [-0.39, 0.29) is 21.7 Å². The maximum Gasteiger partial charge on any atom is 0.414 e. The summed E-state index contributed by atoms with van der Waals surface area (Å²) in [5.74, 6) is -3.65. The van der Waals surface area contributed by atoms with E-state index >= 15 is 0 Å². The molecule has 0 heterocycles. The second-order valence-corrected chi connectivity index (χ2v) is 2.53. The van der Waals surface area contributed by atoms with Gasteiger partial charge in [-0.15, -0.1) is 0 Å². The van der Waals surface area contributed by atoms with Crippen LogP contribution in [0.2, 0.25) is 0 Å². The maximum atomic E-state index is 9.10. The van der Waals surface area contributed by atoms with E-state index in [0.717, 1.165) is 0 Å². The van der Waals surface area contributed by atoms with Crippen LogP contribution in [0.3, 0.4) is 0 Å². The molecule has 4 nitrogen and oxygen atoms in total. The average molecular weight is 268 g/mol. The second kappa shape index (κ2) is 12.4. The Balaban J connectivity index is 0. The normalized spacial score (nSPS) is 7.29. The van der Waals surface area contributed by atoms with Crippen molar-refractivity contribution in [2.75, 3.05) is 0 Å². The Bertz CT molecular complexity index is 292. The molecule has 2 rings (SSSR count). The SMILES string of the molecule is O=C(O)C(=O)O.[Ti].c1cc[cH-]c1.c1cc[cH-]c1. The summed E-state index contributed by atoms with van der Waals surface area (Å²) in [6.45, 7) is 0. The maximum absolute atomic E-state index is 9.10. The fraction of sp³-hybridized carbons (Fsp3) is 0. The number of carboxylic acids is 2. The summed E-state index contributed by atoms with van der Waals surface area (Å²) in [5.41, 5.74) is 0. The summed E-state index contributed by atoms with van der Waals surface area (Å²) in [6.07, 6.45) is 0. The molecule has 5 heteroatoms. The molecule has 0 bridgehead atoms. The third-order valence-electron chi connectivity index (χ3n) is 1.29. The van der Waals surface area contributed by atoms with E-state index in [2.05, 4.69) is 0 Å². The molecule has 0 aliphatic rings. The fourth-order valence-corrected chi connectivity index (χ4v) is 0.642. The molecule has 2 aromatic carbocycles. The Labute approximate surface area is 114 Å². The molecule has 0 unspecified atom stereocenters. The van der Waals surface area contributed by atoms with E-state index in [0.29, 0.717) is 0 Å². The van der Waals surface area contributed by atoms with Gasteiger partial charge in [0.15, 0.2) is 0 Å². The van der Waals surface area contributed by atoms with E-state index in [1.807, 2.05) is 60.7 Å². The Morgan fingerprint density at radius 3 is 1.00 bits per heavy atom. The number of carbonyl (C=O) groups is 2. The van der Waals surface area contributed by atoms with Gasteiger partial charge in [0, 0.05) is 21.7 Å². The van der Waals surface area contributed by atoms with Gasteiger partial charge in [0.1, 0.15) is 0 Å². The molecule has 17 heavy (non-hydrogen) atoms. The van der Waals surface area contributed by atoms with Crippen LogP contribution in [0.15, 0.2) is 60.7 Å². The van der Waals surface area contributed by atoms with Crippen LogP contribution in [-0.2, 0) is 31.3 Å². The van der Waals surface area contributed by atoms with Crippen molar-refractivity contribution in [3.05, 3.63) is 60.7 Å². The summed E-state index contributed by atoms with van der Waals surface area (Å²) in [4.78, 5) is 18.2. The molecule has 0 aromatic heterocycles. The smallest absolute Gasteiger partial charge is 0.414 e. The van der Waals surface area contributed by atoms with Crippen molar-refractivity contribution in [3.8, 4) is 0 Å². The Morgan fingerprint density at radius 1 is 0.706 bits per heavy atom. The molecule has 0 radical (unpaired) electrons. The van der Waals surface area contributed by atoms with E-state index in [9.17, 15) is 0 Å². The van der Waals surface area contributed by atoms with Gasteiger partial charge in [-0.3, -0.25) is 0 Å². The first-order valence-corrected chi connectivity index (χ1v) is 4.44. The van der Waals surface area contributed by atoms with Gasteiger partial charge in [0.25, 0.3) is 0 Å². The van der Waals surface area contributed by atoms with Crippen LogP contribution in [0.5, 0.6) is 0 Å². The van der Waals surface area contributed by atoms with E-state index < -0.39 is 11.9 Å². The molecule has 0 amide bonds. The Hall–Kier alpha value is -1.65. The number of rotatable bonds is 0. The zero-order chi connectivity index (χ0) is 12.2. The van der Waals surface area contributed by atoms with E-state index in [1.165, 1.54) is 0 Å². The van der Waals surface area contributed by atoms with E-state index in [4.69, 9.17) is 19.8 Å². The molecular formula is C12H12O4Ti-2. The summed E-state index contributed by atoms with van der Waals surface area (Å²) in [6, 6.07) is 20.0. The molecule has 0 fully saturated rings. The third kappa shape index (κ3) is 14.4. The standard InChI is InChI=1S/2C5H5.C2H2O4.Ti/c2*1-2-4-5-3-1;3-1(4)2(5)6;/h2*1-5H;(H,3,4)(H,5,6);/q2*-1;;. The van der Waals surface area contributed by atoms with Crippen molar-refractivity contribution >= 4 is 11.9 Å². The first kappa shape index (κ1) is 17.7. The summed E-state index contributed by atoms with van der Waals surface area (Å²) in [5, 5.41) is 14.8. The molecular weight excluding hydrogens is 256 g/mol. The van der Waals surface area contributed by atoms with E-state index in [1.54, 1.807) is 0 Å². The molecule has 2 N–H and O–H groups in total. The fourth-order valence-electron chi connectivity index (χ4n) is 0.642. The van der Waals surface area contributed by atoms with Gasteiger partial charge in [0.2, 0.25) is 0 Å². The van der Waals surface area contributed by atoms with Gasteiger partial charge in [-0.2, -0.15) is 36.4 Å². The Morgan fingerprint density at radius 2 is 0.941 bits per heavy atom. The molecule has 0 aliphatic carbocycles. The predicted molar refractivity (Wildman–Crippen MR) is 59.3 cm³/mol. The number of hydrogen-bond acceptors (Lipinski definition) is 2. The van der Waals surface area contributed by atoms with Gasteiger partial charge in [0.05, 0.1) is 0 Å². The first-order valence-electron chi connectivity index (χ1n) is 4.44. The van der Waals surface area contributed by atoms with Crippen molar-refractivity contribution in [2.24, 2.45) is 0 Å². The van der Waals surface area contributed by atoms with Gasteiger partial charge in [-0.1, -0.05) is 0 Å². The number of hydrogen-bond donors (Lipinski definition) is 2. The molecule has 2 aromatic rings. The molecule has 0 saturated carbocycles. The quantitative estimate of drug-likeness (QED) is 0.435. The molecule has 0 spiro atoms. The van der Waals surface area contributed by atoms with Gasteiger partial charge in [-0.05, 0) is 0 Å². The van der Waals surface area contributed by atoms with Crippen LogP contribution >= 0.6 is 0 Å². The van der Waals surface area contributed by atoms with Gasteiger partial charge >= 0.3 is 11.9 Å². The molecule has 0 aliphatic heterocycles. The largest absolute Gasteiger partial charge is 0.473 e. The zero-order valence-electron chi connectivity index (χ0n) is 8.98. The van der Waals surface area contributed by atoms with Crippen molar-refractivity contribution < 1.29 is 41.5 Å². The van der Waals surface area contributed by atoms with Crippen molar-refractivity contribution in [1.29, 1.82) is 0 Å². The first-order chi connectivity index (χ1) is 7.64. The summed E-state index contributed by atoms with van der Waals surface area (Å²) < 4.78 is 0. The van der Waals surface area contributed by atoms with Gasteiger partial charge in [-0.25, -0.2) is 33.9 Å². The van der Waals surface area contributed by atoms with Crippen molar-refractivity contribution in [1.82, 2.24) is 0 Å². The minimum absolute atomic E-state index is 0. The second-order valence-electron chi connectivity index (χ2n) is 2.53. The monoisotopic (exact) mass is 268 g/mol. The van der Waals surface area contributed by atoms with Crippen molar-refractivity contribution in [3.63, 3.8) is 0 Å². The van der Waals surface area contributed by atoms with Crippen LogP contribution in [-0.4, -0.2) is 22.2 Å². The average Bonchev–Trinajstić information content (AvgIpc) is 2.97. The van der Waals surface area contributed by atoms with Crippen LogP contribution in [0.4, 0.5) is 0 Å². The van der Waals surface area contributed by atoms with Crippen LogP contribution in [0.1, 0.15) is 0 Å². The summed E-state index contributed by atoms with van der Waals surface area (Å²) in [7, 11) is 0. The number of aliphatic carboxylic acids is 2. The zero-order valence-corrected chi connectivity index (χ0v) is 10.5. The Kier molecular flexibility index (Phi) is 13.0. The minimum Gasteiger partial charge on any atom is -0.473 e. The van der Waals surface area contributed by atoms with Crippen LogP contribution in [0.25, 0.3) is 0 Å². The van der Waals surface area contributed by atoms with Crippen LogP contribution in [0, 0.1) is 0 Å². The molecule has 90 valence electrons. The predicted octanol–water partition coefficient (Wildman–Crippen LogP) is 1.96. The summed E-state index contributed by atoms with van der Waals surface area (Å²) >= 11 is 0. The third-order valence-corrected chi connectivity index (χ3v) is 1.29.